The van der Waals surface area contributed by atoms with Crippen LogP contribution in [0.1, 0.15) is 91.4 Å². The first-order valence-electron chi connectivity index (χ1n) is 10.4. The number of carbonyl (C=O) groups excluding carboxylic acids is 1. The second kappa shape index (κ2) is 12.0. The average Bonchev–Trinajstić information content (AvgIpc) is 2.83. The molecule has 0 aromatic rings. The van der Waals surface area contributed by atoms with E-state index in [4.69, 9.17) is 0 Å². The zero-order valence-electron chi connectivity index (χ0n) is 16.4. The summed E-state index contributed by atoms with van der Waals surface area (Å²) in [6, 6.07) is 0. The molecule has 1 aliphatic rings. The van der Waals surface area contributed by atoms with Gasteiger partial charge in [0, 0.05) is 12.8 Å². The molecule has 3 nitrogen and oxygen atoms in total. The molecule has 25 heavy (non-hydrogen) atoms. The number of aliphatic hydroxyl groups is 2. The highest BCUT2D eigenvalue weighted by atomic mass is 19.1. The number of alkyl halides is 1. The van der Waals surface area contributed by atoms with Gasteiger partial charge in [-0.15, -0.1) is 0 Å². The Hall–Kier alpha value is -0.480. The van der Waals surface area contributed by atoms with E-state index < -0.39 is 18.4 Å². The van der Waals surface area contributed by atoms with E-state index in [1.54, 1.807) is 0 Å². The molecule has 1 aliphatic carbocycles. The van der Waals surface area contributed by atoms with Gasteiger partial charge in [0.1, 0.15) is 12.0 Å². The molecule has 2 N–H and O–H groups in total. The van der Waals surface area contributed by atoms with Crippen molar-refractivity contribution >= 4 is 5.78 Å². The minimum atomic E-state index is -1.16. The van der Waals surface area contributed by atoms with Gasteiger partial charge in [-0.3, -0.25) is 4.79 Å². The Bertz CT molecular complexity index is 374. The summed E-state index contributed by atoms with van der Waals surface area (Å²) in [5.74, 6) is 0.746. The van der Waals surface area contributed by atoms with Gasteiger partial charge < -0.3 is 10.2 Å². The number of halogens is 1. The van der Waals surface area contributed by atoms with Crippen molar-refractivity contribution in [2.45, 2.75) is 110 Å². The van der Waals surface area contributed by atoms with Gasteiger partial charge in [0.15, 0.2) is 0 Å². The molecule has 6 atom stereocenters. The predicted octanol–water partition coefficient (Wildman–Crippen LogP) is 4.83. The van der Waals surface area contributed by atoms with Gasteiger partial charge in [-0.1, -0.05) is 46.5 Å². The van der Waals surface area contributed by atoms with Crippen molar-refractivity contribution in [2.24, 2.45) is 17.8 Å². The maximum atomic E-state index is 14.0. The van der Waals surface area contributed by atoms with Crippen LogP contribution in [-0.4, -0.2) is 34.4 Å². The fraction of sp³-hybridized carbons (Fsp3) is 0.952. The first kappa shape index (κ1) is 22.6. The van der Waals surface area contributed by atoms with Crippen LogP contribution in [0.4, 0.5) is 4.39 Å². The number of hydrogen-bond acceptors (Lipinski definition) is 3. The predicted molar refractivity (Wildman–Crippen MR) is 100 cm³/mol. The molecule has 4 heteroatoms. The summed E-state index contributed by atoms with van der Waals surface area (Å²) >= 11 is 0. The zero-order valence-corrected chi connectivity index (χ0v) is 16.4. The fourth-order valence-corrected chi connectivity index (χ4v) is 4.30. The van der Waals surface area contributed by atoms with E-state index in [9.17, 15) is 19.4 Å². The topological polar surface area (TPSA) is 57.5 Å². The largest absolute Gasteiger partial charge is 0.393 e. The molecule has 0 aromatic carbocycles. The maximum absolute atomic E-state index is 14.0. The van der Waals surface area contributed by atoms with Crippen molar-refractivity contribution in [3.63, 3.8) is 0 Å². The third kappa shape index (κ3) is 7.74. The number of hydrogen-bond donors (Lipinski definition) is 2. The summed E-state index contributed by atoms with van der Waals surface area (Å²) < 4.78 is 14.0. The van der Waals surface area contributed by atoms with Crippen LogP contribution < -0.4 is 0 Å². The lowest BCUT2D eigenvalue weighted by Crippen LogP contribution is -2.27. The Balaban J connectivity index is 2.49. The summed E-state index contributed by atoms with van der Waals surface area (Å²) in [5, 5.41) is 20.4. The molecule has 0 bridgehead atoms. The highest BCUT2D eigenvalue weighted by Gasteiger charge is 2.41. The van der Waals surface area contributed by atoms with Crippen LogP contribution in [0.2, 0.25) is 0 Å². The molecule has 1 fully saturated rings. The van der Waals surface area contributed by atoms with Crippen molar-refractivity contribution in [1.82, 2.24) is 0 Å². The monoisotopic (exact) mass is 358 g/mol. The van der Waals surface area contributed by atoms with Gasteiger partial charge in [0.2, 0.25) is 0 Å². The second-order valence-corrected chi connectivity index (χ2v) is 8.11. The summed E-state index contributed by atoms with van der Waals surface area (Å²) in [7, 11) is 0. The third-order valence-electron chi connectivity index (χ3n) is 5.96. The molecule has 0 radical (unpaired) electrons. The van der Waals surface area contributed by atoms with E-state index in [-0.39, 0.29) is 17.6 Å². The molecule has 0 aromatic heterocycles. The van der Waals surface area contributed by atoms with Crippen LogP contribution in [0.3, 0.4) is 0 Å². The zero-order chi connectivity index (χ0) is 18.8. The number of unbranched alkanes of at least 4 members (excludes halogenated alkanes) is 3. The minimum Gasteiger partial charge on any atom is -0.393 e. The summed E-state index contributed by atoms with van der Waals surface area (Å²) in [6.07, 6.45) is 5.59. The molecule has 0 amide bonds. The molecule has 0 spiro atoms. The van der Waals surface area contributed by atoms with Crippen LogP contribution in [0.15, 0.2) is 0 Å². The van der Waals surface area contributed by atoms with E-state index in [0.29, 0.717) is 44.4 Å². The number of aliphatic hydroxyl groups excluding tert-OH is 2. The third-order valence-corrected chi connectivity index (χ3v) is 5.96. The van der Waals surface area contributed by atoms with Crippen molar-refractivity contribution in [2.75, 3.05) is 0 Å². The van der Waals surface area contributed by atoms with Gasteiger partial charge >= 0.3 is 0 Å². The van der Waals surface area contributed by atoms with Gasteiger partial charge in [-0.25, -0.2) is 4.39 Å². The molecule has 1 saturated carbocycles. The molecule has 5 unspecified atom stereocenters. The van der Waals surface area contributed by atoms with Crippen molar-refractivity contribution < 1.29 is 19.4 Å². The van der Waals surface area contributed by atoms with Gasteiger partial charge in [0.05, 0.1) is 12.2 Å². The molecule has 148 valence electrons. The second-order valence-electron chi connectivity index (χ2n) is 8.11. The molecule has 0 saturated heterocycles. The van der Waals surface area contributed by atoms with Crippen LogP contribution in [0.5, 0.6) is 0 Å². The lowest BCUT2D eigenvalue weighted by atomic mass is 9.81. The van der Waals surface area contributed by atoms with Crippen LogP contribution in [0.25, 0.3) is 0 Å². The number of Topliss-reactive ketones (excluding diaryl/α,β-unsaturated/α-hetero) is 1. The van der Waals surface area contributed by atoms with Gasteiger partial charge in [-0.05, 0) is 49.9 Å². The fourth-order valence-electron chi connectivity index (χ4n) is 4.30. The Labute approximate surface area is 153 Å². The van der Waals surface area contributed by atoms with Crippen molar-refractivity contribution in [3.8, 4) is 0 Å². The first-order valence-corrected chi connectivity index (χ1v) is 10.4. The standard InChI is InChI=1S/C21H39FO3/c1-4-6-8-9-16(23)14-18-17(15(3)13-21(18)25)11-12-20(24)19(22)10-7-5-2/h15,17-21,24-25H,4-14H2,1-3H3/t15?,17-,18?,19?,20?,21?/m0/s1. The SMILES string of the molecule is CCCCCC(=O)CC1C(O)CC(C)[C@@H]1CCC(O)C(F)CCCC. The number of rotatable bonds is 13. The molecule has 1 rings (SSSR count). The Morgan fingerprint density at radius 1 is 1.12 bits per heavy atom. The summed E-state index contributed by atoms with van der Waals surface area (Å²) in [4.78, 5) is 12.2. The lowest BCUT2D eigenvalue weighted by molar-refractivity contribution is -0.121. The highest BCUT2D eigenvalue weighted by Crippen LogP contribution is 2.42. The van der Waals surface area contributed by atoms with Crippen molar-refractivity contribution in [3.05, 3.63) is 0 Å². The lowest BCUT2D eigenvalue weighted by Gasteiger charge is -2.25. The smallest absolute Gasteiger partial charge is 0.133 e. The maximum Gasteiger partial charge on any atom is 0.133 e. The molecule has 0 heterocycles. The van der Waals surface area contributed by atoms with Gasteiger partial charge in [-0.2, -0.15) is 0 Å². The molecule has 0 aliphatic heterocycles. The Morgan fingerprint density at radius 3 is 2.44 bits per heavy atom. The van der Waals surface area contributed by atoms with E-state index in [1.165, 1.54) is 0 Å². The quantitative estimate of drug-likeness (QED) is 0.464. The minimum absolute atomic E-state index is 0.0231. The van der Waals surface area contributed by atoms with Gasteiger partial charge in [0.25, 0.3) is 0 Å². The van der Waals surface area contributed by atoms with Crippen LogP contribution >= 0.6 is 0 Å². The Kier molecular flexibility index (Phi) is 10.8. The van der Waals surface area contributed by atoms with E-state index in [1.807, 2.05) is 6.92 Å². The number of ketones is 1. The molecular weight excluding hydrogens is 319 g/mol. The van der Waals surface area contributed by atoms with E-state index in [0.717, 1.165) is 32.1 Å². The summed E-state index contributed by atoms with van der Waals surface area (Å²) in [5.41, 5.74) is 0. The average molecular weight is 359 g/mol. The Morgan fingerprint density at radius 2 is 1.80 bits per heavy atom. The first-order chi connectivity index (χ1) is 11.9. The normalized spacial score (nSPS) is 28.9. The summed E-state index contributed by atoms with van der Waals surface area (Å²) in [6.45, 7) is 6.24. The van der Waals surface area contributed by atoms with E-state index >= 15 is 0 Å². The van der Waals surface area contributed by atoms with Crippen LogP contribution in [-0.2, 0) is 4.79 Å². The molecular formula is C21H39FO3. The highest BCUT2D eigenvalue weighted by molar-refractivity contribution is 5.78. The van der Waals surface area contributed by atoms with Crippen molar-refractivity contribution in [1.29, 1.82) is 0 Å². The number of carbonyl (C=O) groups is 1. The van der Waals surface area contributed by atoms with Crippen LogP contribution in [0, 0.1) is 17.8 Å². The van der Waals surface area contributed by atoms with E-state index in [2.05, 4.69) is 13.8 Å².